The van der Waals surface area contributed by atoms with Crippen molar-refractivity contribution in [3.05, 3.63) is 30.1 Å². The highest BCUT2D eigenvalue weighted by Crippen LogP contribution is 1.97. The molecule has 4 nitrogen and oxygen atoms in total. The van der Waals surface area contributed by atoms with Crippen molar-refractivity contribution in [2.24, 2.45) is 0 Å². The minimum Gasteiger partial charge on any atom is -0.349 e. The normalized spacial score (nSPS) is 11.4. The Morgan fingerprint density at radius 1 is 1.79 bits per heavy atom. The molecule has 0 radical (unpaired) electrons. The van der Waals surface area contributed by atoms with E-state index in [1.807, 2.05) is 6.07 Å². The number of rotatable bonds is 3. The highest BCUT2D eigenvalue weighted by molar-refractivity contribution is 5.93. The lowest BCUT2D eigenvalue weighted by Crippen LogP contribution is -2.32. The molecule has 0 saturated carbocycles. The minimum absolute atomic E-state index is 0.132. The van der Waals surface area contributed by atoms with E-state index in [0.717, 1.165) is 0 Å². The Kier molecular flexibility index (Phi) is 3.62. The zero-order valence-corrected chi connectivity index (χ0v) is 7.90. The molecule has 72 valence electrons. The van der Waals surface area contributed by atoms with Crippen molar-refractivity contribution in [3.8, 4) is 6.07 Å². The summed E-state index contributed by atoms with van der Waals surface area (Å²) in [6.45, 7) is 1.79. The molecular formula is C10H11N3O. The van der Waals surface area contributed by atoms with Gasteiger partial charge in [-0.25, -0.2) is 0 Å². The Hall–Kier alpha value is -1.89. The molecule has 1 unspecified atom stereocenters. The van der Waals surface area contributed by atoms with E-state index < -0.39 is 0 Å². The van der Waals surface area contributed by atoms with Gasteiger partial charge in [-0.3, -0.25) is 9.78 Å². The fourth-order valence-corrected chi connectivity index (χ4v) is 0.992. The molecule has 4 heteroatoms. The first-order valence-electron chi connectivity index (χ1n) is 4.32. The summed E-state index contributed by atoms with van der Waals surface area (Å²) in [6.07, 6.45) is 3.41. The summed E-state index contributed by atoms with van der Waals surface area (Å²) < 4.78 is 0. The van der Waals surface area contributed by atoms with Crippen molar-refractivity contribution >= 4 is 5.91 Å². The molecule has 1 aromatic heterocycles. The summed E-state index contributed by atoms with van der Waals surface area (Å²) in [5.74, 6) is -0.194. The van der Waals surface area contributed by atoms with Crippen molar-refractivity contribution in [1.82, 2.24) is 10.3 Å². The van der Waals surface area contributed by atoms with E-state index in [2.05, 4.69) is 10.3 Å². The molecule has 0 aliphatic heterocycles. The second-order valence-electron chi connectivity index (χ2n) is 2.98. The number of nitriles is 1. The van der Waals surface area contributed by atoms with Crippen LogP contribution in [0.15, 0.2) is 24.5 Å². The molecule has 0 bridgehead atoms. The van der Waals surface area contributed by atoms with Crippen LogP contribution in [0.1, 0.15) is 23.7 Å². The Bertz CT molecular complexity index is 342. The van der Waals surface area contributed by atoms with E-state index in [4.69, 9.17) is 5.26 Å². The molecule has 1 heterocycles. The summed E-state index contributed by atoms with van der Waals surface area (Å²) in [7, 11) is 0. The van der Waals surface area contributed by atoms with Gasteiger partial charge < -0.3 is 5.32 Å². The number of pyridine rings is 1. The van der Waals surface area contributed by atoms with E-state index in [1.165, 1.54) is 6.20 Å². The van der Waals surface area contributed by atoms with Crippen LogP contribution in [0.4, 0.5) is 0 Å². The van der Waals surface area contributed by atoms with Crippen LogP contribution < -0.4 is 5.32 Å². The van der Waals surface area contributed by atoms with Gasteiger partial charge >= 0.3 is 0 Å². The first-order chi connectivity index (χ1) is 6.74. The fraction of sp³-hybridized carbons (Fsp3) is 0.300. The van der Waals surface area contributed by atoms with Crippen LogP contribution >= 0.6 is 0 Å². The van der Waals surface area contributed by atoms with E-state index >= 15 is 0 Å². The predicted octanol–water partition coefficient (Wildman–Crippen LogP) is 1.11. The molecular weight excluding hydrogens is 178 g/mol. The molecule has 1 amide bonds. The lowest BCUT2D eigenvalue weighted by molar-refractivity contribution is 0.0940. The van der Waals surface area contributed by atoms with Crippen LogP contribution in [-0.4, -0.2) is 16.9 Å². The molecule has 0 aromatic carbocycles. The standard InChI is InChI=1S/C10H11N3O/c1-8(4-5-11)13-10(14)9-3-2-6-12-7-9/h2-3,6-8H,4H2,1H3,(H,13,14). The molecule has 0 fully saturated rings. The lowest BCUT2D eigenvalue weighted by Gasteiger charge is -2.09. The second kappa shape index (κ2) is 4.97. The topological polar surface area (TPSA) is 65.8 Å². The highest BCUT2D eigenvalue weighted by atomic mass is 16.1. The fourth-order valence-electron chi connectivity index (χ4n) is 0.992. The number of nitrogens with zero attached hydrogens (tertiary/aromatic N) is 2. The smallest absolute Gasteiger partial charge is 0.253 e. The molecule has 1 rings (SSSR count). The van der Waals surface area contributed by atoms with Gasteiger partial charge in [0.2, 0.25) is 0 Å². The van der Waals surface area contributed by atoms with Gasteiger partial charge in [0.15, 0.2) is 0 Å². The molecule has 14 heavy (non-hydrogen) atoms. The third kappa shape index (κ3) is 2.87. The number of aromatic nitrogens is 1. The average Bonchev–Trinajstić information content (AvgIpc) is 2.19. The SMILES string of the molecule is CC(CC#N)NC(=O)c1cccnc1. The van der Waals surface area contributed by atoms with Crippen LogP contribution in [0.2, 0.25) is 0 Å². The van der Waals surface area contributed by atoms with Crippen molar-refractivity contribution < 1.29 is 4.79 Å². The first-order valence-corrected chi connectivity index (χ1v) is 4.32. The molecule has 1 N–H and O–H groups in total. The van der Waals surface area contributed by atoms with Gasteiger partial charge in [-0.2, -0.15) is 5.26 Å². The van der Waals surface area contributed by atoms with Crippen LogP contribution in [0.25, 0.3) is 0 Å². The predicted molar refractivity (Wildman–Crippen MR) is 51.4 cm³/mol. The van der Waals surface area contributed by atoms with E-state index in [-0.39, 0.29) is 11.9 Å². The first kappa shape index (κ1) is 10.2. The van der Waals surface area contributed by atoms with E-state index in [1.54, 1.807) is 25.3 Å². The Morgan fingerprint density at radius 3 is 3.14 bits per heavy atom. The highest BCUT2D eigenvalue weighted by Gasteiger charge is 2.08. The summed E-state index contributed by atoms with van der Waals surface area (Å²) in [6, 6.07) is 5.24. The number of nitrogens with one attached hydrogen (secondary N) is 1. The molecule has 1 atom stereocenters. The monoisotopic (exact) mass is 189 g/mol. The molecule has 0 aliphatic rings. The molecule has 0 spiro atoms. The summed E-state index contributed by atoms with van der Waals surface area (Å²) in [4.78, 5) is 15.3. The summed E-state index contributed by atoms with van der Waals surface area (Å²) in [5.41, 5.74) is 0.511. The van der Waals surface area contributed by atoms with Gasteiger partial charge in [0, 0.05) is 18.4 Å². The quantitative estimate of drug-likeness (QED) is 0.774. The zero-order chi connectivity index (χ0) is 10.4. The van der Waals surface area contributed by atoms with Crippen LogP contribution in [0.5, 0.6) is 0 Å². The lowest BCUT2D eigenvalue weighted by atomic mass is 10.2. The number of hydrogen-bond acceptors (Lipinski definition) is 3. The van der Waals surface area contributed by atoms with E-state index in [9.17, 15) is 4.79 Å². The third-order valence-electron chi connectivity index (χ3n) is 1.70. The number of carbonyl (C=O) groups is 1. The molecule has 0 aliphatic carbocycles. The number of hydrogen-bond donors (Lipinski definition) is 1. The van der Waals surface area contributed by atoms with Gasteiger partial charge in [0.1, 0.15) is 0 Å². The third-order valence-corrected chi connectivity index (χ3v) is 1.70. The Morgan fingerprint density at radius 2 is 2.57 bits per heavy atom. The van der Waals surface area contributed by atoms with E-state index in [0.29, 0.717) is 12.0 Å². The van der Waals surface area contributed by atoms with Gasteiger partial charge in [-0.15, -0.1) is 0 Å². The van der Waals surface area contributed by atoms with Crippen LogP contribution in [0.3, 0.4) is 0 Å². The molecule has 0 saturated heterocycles. The van der Waals surface area contributed by atoms with Gasteiger partial charge in [-0.05, 0) is 19.1 Å². The van der Waals surface area contributed by atoms with Crippen molar-refractivity contribution in [1.29, 1.82) is 5.26 Å². The zero-order valence-electron chi connectivity index (χ0n) is 7.90. The van der Waals surface area contributed by atoms with Crippen molar-refractivity contribution in [2.75, 3.05) is 0 Å². The van der Waals surface area contributed by atoms with Gasteiger partial charge in [0.25, 0.3) is 5.91 Å². The van der Waals surface area contributed by atoms with Crippen molar-refractivity contribution in [2.45, 2.75) is 19.4 Å². The summed E-state index contributed by atoms with van der Waals surface area (Å²) >= 11 is 0. The van der Waals surface area contributed by atoms with Crippen LogP contribution in [-0.2, 0) is 0 Å². The maximum atomic E-state index is 11.5. The Labute approximate surface area is 82.6 Å². The maximum Gasteiger partial charge on any atom is 0.253 e. The van der Waals surface area contributed by atoms with Crippen molar-refractivity contribution in [3.63, 3.8) is 0 Å². The summed E-state index contributed by atoms with van der Waals surface area (Å²) in [5, 5.41) is 11.1. The number of carbonyl (C=O) groups excluding carboxylic acids is 1. The van der Waals surface area contributed by atoms with Gasteiger partial charge in [-0.1, -0.05) is 0 Å². The second-order valence-corrected chi connectivity index (χ2v) is 2.98. The largest absolute Gasteiger partial charge is 0.349 e. The Balaban J connectivity index is 2.56. The van der Waals surface area contributed by atoms with Crippen LogP contribution in [0, 0.1) is 11.3 Å². The average molecular weight is 189 g/mol. The minimum atomic E-state index is -0.194. The maximum absolute atomic E-state index is 11.5. The van der Waals surface area contributed by atoms with Gasteiger partial charge in [0.05, 0.1) is 18.1 Å². The molecule has 1 aromatic rings. The number of amides is 1.